The zero-order chi connectivity index (χ0) is 16.1. The summed E-state index contributed by atoms with van der Waals surface area (Å²) in [6.07, 6.45) is 4.05. The van der Waals surface area contributed by atoms with Gasteiger partial charge in [0.2, 0.25) is 0 Å². The summed E-state index contributed by atoms with van der Waals surface area (Å²) >= 11 is 11.5. The van der Waals surface area contributed by atoms with Crippen molar-refractivity contribution in [2.45, 2.75) is 19.4 Å². The van der Waals surface area contributed by atoms with Gasteiger partial charge >= 0.3 is 0 Å². The SMILES string of the molecule is ClC(Cl)=CC1(COCc2cccc(Oc3ccccc3)c2)CC1. The number of benzene rings is 2. The molecular weight excluding hydrogens is 331 g/mol. The van der Waals surface area contributed by atoms with Crippen molar-refractivity contribution < 1.29 is 9.47 Å². The topological polar surface area (TPSA) is 18.5 Å². The number of ether oxygens (including phenoxy) is 2. The third kappa shape index (κ3) is 5.00. The molecule has 0 atom stereocenters. The average Bonchev–Trinajstić information content (AvgIpc) is 3.27. The van der Waals surface area contributed by atoms with E-state index in [2.05, 4.69) is 0 Å². The third-order valence-corrected chi connectivity index (χ3v) is 4.06. The molecule has 0 aliphatic heterocycles. The minimum absolute atomic E-state index is 0.0387. The van der Waals surface area contributed by atoms with E-state index in [0.717, 1.165) is 29.9 Å². The summed E-state index contributed by atoms with van der Waals surface area (Å²) in [5, 5.41) is 0. The summed E-state index contributed by atoms with van der Waals surface area (Å²) in [6.45, 7) is 1.18. The molecule has 0 heterocycles. The second-order valence-electron chi connectivity index (χ2n) is 5.85. The van der Waals surface area contributed by atoms with Gasteiger partial charge in [0.15, 0.2) is 0 Å². The van der Waals surface area contributed by atoms with E-state index in [9.17, 15) is 0 Å². The first kappa shape index (κ1) is 16.4. The Morgan fingerprint density at radius 1 is 1.00 bits per heavy atom. The first-order valence-corrected chi connectivity index (χ1v) is 8.34. The van der Waals surface area contributed by atoms with Gasteiger partial charge in [0.25, 0.3) is 0 Å². The highest BCUT2D eigenvalue weighted by molar-refractivity contribution is 6.55. The average molecular weight is 349 g/mol. The first-order valence-electron chi connectivity index (χ1n) is 7.59. The van der Waals surface area contributed by atoms with Crippen molar-refractivity contribution in [2.75, 3.05) is 6.61 Å². The van der Waals surface area contributed by atoms with E-state index in [4.69, 9.17) is 32.7 Å². The van der Waals surface area contributed by atoms with E-state index in [1.807, 2.05) is 60.7 Å². The van der Waals surface area contributed by atoms with Crippen LogP contribution in [0.3, 0.4) is 0 Å². The molecule has 0 bridgehead atoms. The minimum atomic E-state index is 0.0387. The standard InChI is InChI=1S/C19H18Cl2O2/c20-18(21)12-19(9-10-19)14-22-13-15-5-4-8-17(11-15)23-16-6-2-1-3-7-16/h1-8,11-12H,9-10,13-14H2. The van der Waals surface area contributed by atoms with Crippen molar-refractivity contribution in [3.8, 4) is 11.5 Å². The van der Waals surface area contributed by atoms with Gasteiger partial charge in [-0.15, -0.1) is 0 Å². The first-order chi connectivity index (χ1) is 11.2. The molecule has 1 aliphatic rings. The highest BCUT2D eigenvalue weighted by atomic mass is 35.5. The fourth-order valence-electron chi connectivity index (χ4n) is 2.42. The van der Waals surface area contributed by atoms with Gasteiger partial charge < -0.3 is 9.47 Å². The van der Waals surface area contributed by atoms with E-state index in [1.165, 1.54) is 0 Å². The molecule has 0 amide bonds. The number of hydrogen-bond donors (Lipinski definition) is 0. The van der Waals surface area contributed by atoms with Crippen molar-refractivity contribution in [1.29, 1.82) is 0 Å². The Labute approximate surface area is 146 Å². The smallest absolute Gasteiger partial charge is 0.127 e. The Hall–Kier alpha value is -1.48. The molecule has 0 spiro atoms. The van der Waals surface area contributed by atoms with Crippen LogP contribution in [0.25, 0.3) is 0 Å². The normalized spacial score (nSPS) is 15.0. The Bertz CT molecular complexity index is 675. The van der Waals surface area contributed by atoms with Gasteiger partial charge in [-0.2, -0.15) is 0 Å². The van der Waals surface area contributed by atoms with E-state index in [-0.39, 0.29) is 5.41 Å². The molecule has 120 valence electrons. The van der Waals surface area contributed by atoms with Crippen molar-refractivity contribution in [3.63, 3.8) is 0 Å². The quantitative estimate of drug-likeness (QED) is 0.602. The minimum Gasteiger partial charge on any atom is -0.457 e. The molecule has 23 heavy (non-hydrogen) atoms. The van der Waals surface area contributed by atoms with Gasteiger partial charge in [0, 0.05) is 5.41 Å². The lowest BCUT2D eigenvalue weighted by molar-refractivity contribution is 0.0926. The van der Waals surface area contributed by atoms with Crippen LogP contribution in [0.5, 0.6) is 11.5 Å². The van der Waals surface area contributed by atoms with E-state index < -0.39 is 0 Å². The lowest BCUT2D eigenvalue weighted by Crippen LogP contribution is -2.07. The van der Waals surface area contributed by atoms with Crippen molar-refractivity contribution in [2.24, 2.45) is 5.41 Å². The van der Waals surface area contributed by atoms with Crippen LogP contribution in [-0.2, 0) is 11.3 Å². The van der Waals surface area contributed by atoms with Gasteiger partial charge in [-0.1, -0.05) is 53.5 Å². The second kappa shape index (κ2) is 7.39. The molecular formula is C19H18Cl2O2. The summed E-state index contributed by atoms with van der Waals surface area (Å²) in [7, 11) is 0. The molecule has 4 heteroatoms. The molecule has 0 aromatic heterocycles. The van der Waals surface area contributed by atoms with Crippen LogP contribution in [0.1, 0.15) is 18.4 Å². The highest BCUT2D eigenvalue weighted by Crippen LogP contribution is 2.48. The molecule has 1 fully saturated rings. The maximum Gasteiger partial charge on any atom is 0.127 e. The lowest BCUT2D eigenvalue weighted by Gasteiger charge is -2.12. The van der Waals surface area contributed by atoms with Crippen LogP contribution >= 0.6 is 23.2 Å². The van der Waals surface area contributed by atoms with Crippen molar-refractivity contribution in [3.05, 3.63) is 70.7 Å². The number of rotatable bonds is 7. The summed E-state index contributed by atoms with van der Waals surface area (Å²) in [5.74, 6) is 1.63. The second-order valence-corrected chi connectivity index (χ2v) is 6.86. The predicted molar refractivity (Wildman–Crippen MR) is 94.1 cm³/mol. The Morgan fingerprint density at radius 2 is 1.74 bits per heavy atom. The van der Waals surface area contributed by atoms with E-state index >= 15 is 0 Å². The van der Waals surface area contributed by atoms with Crippen LogP contribution in [0, 0.1) is 5.41 Å². The van der Waals surface area contributed by atoms with Gasteiger partial charge in [0.1, 0.15) is 16.0 Å². The Kier molecular flexibility index (Phi) is 5.27. The van der Waals surface area contributed by atoms with Gasteiger partial charge in [-0.3, -0.25) is 0 Å². The molecule has 0 saturated heterocycles. The molecule has 0 radical (unpaired) electrons. The number of para-hydroxylation sites is 1. The van der Waals surface area contributed by atoms with Crippen LogP contribution < -0.4 is 4.74 Å². The predicted octanol–water partition coefficient (Wildman–Crippen LogP) is 6.09. The molecule has 2 aromatic carbocycles. The lowest BCUT2D eigenvalue weighted by atomic mass is 10.1. The Morgan fingerprint density at radius 3 is 2.43 bits per heavy atom. The van der Waals surface area contributed by atoms with E-state index in [0.29, 0.717) is 17.7 Å². The maximum absolute atomic E-state index is 5.84. The Balaban J connectivity index is 1.55. The molecule has 1 aliphatic carbocycles. The van der Waals surface area contributed by atoms with Crippen LogP contribution in [-0.4, -0.2) is 6.61 Å². The van der Waals surface area contributed by atoms with Gasteiger partial charge in [0.05, 0.1) is 13.2 Å². The molecule has 0 N–H and O–H groups in total. The molecule has 0 unspecified atom stereocenters. The van der Waals surface area contributed by atoms with Crippen LogP contribution in [0.4, 0.5) is 0 Å². The zero-order valence-corrected chi connectivity index (χ0v) is 14.2. The van der Waals surface area contributed by atoms with Crippen molar-refractivity contribution >= 4 is 23.2 Å². The third-order valence-electron chi connectivity index (χ3n) is 3.84. The molecule has 2 aromatic rings. The van der Waals surface area contributed by atoms with Gasteiger partial charge in [-0.05, 0) is 48.7 Å². The molecule has 1 saturated carbocycles. The van der Waals surface area contributed by atoms with Crippen LogP contribution in [0.15, 0.2) is 65.2 Å². The largest absolute Gasteiger partial charge is 0.457 e. The monoisotopic (exact) mass is 348 g/mol. The maximum atomic E-state index is 5.84. The van der Waals surface area contributed by atoms with Crippen LogP contribution in [0.2, 0.25) is 0 Å². The van der Waals surface area contributed by atoms with Gasteiger partial charge in [-0.25, -0.2) is 0 Å². The van der Waals surface area contributed by atoms with Crippen molar-refractivity contribution in [1.82, 2.24) is 0 Å². The fraction of sp³-hybridized carbons (Fsp3) is 0.263. The van der Waals surface area contributed by atoms with E-state index in [1.54, 1.807) is 0 Å². The summed E-state index contributed by atoms with van der Waals surface area (Å²) in [6, 6.07) is 17.7. The zero-order valence-electron chi connectivity index (χ0n) is 12.7. The fourth-order valence-corrected chi connectivity index (χ4v) is 2.88. The summed E-state index contributed by atoms with van der Waals surface area (Å²) in [5.41, 5.74) is 1.12. The summed E-state index contributed by atoms with van der Waals surface area (Å²) in [4.78, 5) is 0. The number of hydrogen-bond acceptors (Lipinski definition) is 2. The highest BCUT2D eigenvalue weighted by Gasteiger charge is 2.41. The molecule has 2 nitrogen and oxygen atoms in total. The number of halogens is 2. The molecule has 3 rings (SSSR count). The summed E-state index contributed by atoms with van der Waals surface area (Å²) < 4.78 is 12.0.